The third-order valence-electron chi connectivity index (χ3n) is 9.71. The largest absolute Gasteiger partial charge is 0.395 e. The van der Waals surface area contributed by atoms with Crippen molar-refractivity contribution in [3.05, 3.63) is 72.3 Å². The van der Waals surface area contributed by atoms with Crippen LogP contribution in [0.1, 0.15) is 56.6 Å². The number of carbonyl (C=O) groups excluding carboxylic acids is 3. The highest BCUT2D eigenvalue weighted by Gasteiger charge is 2.67. The Morgan fingerprint density at radius 1 is 1.16 bits per heavy atom. The molecule has 0 unspecified atom stereocenters. The summed E-state index contributed by atoms with van der Waals surface area (Å²) in [5.41, 5.74) is 0.733. The first-order valence-corrected chi connectivity index (χ1v) is 19.2. The number of aliphatic hydroxyl groups excluding tert-OH is 1. The lowest BCUT2D eigenvalue weighted by molar-refractivity contribution is -0.149. The molecule has 3 aliphatic rings. The van der Waals surface area contributed by atoms with Crippen molar-refractivity contribution < 1.29 is 28.3 Å². The van der Waals surface area contributed by atoms with Crippen LogP contribution in [-0.2, 0) is 31.3 Å². The molecule has 2 aromatic rings. The van der Waals surface area contributed by atoms with Gasteiger partial charge in [-0.05, 0) is 49.7 Å². The summed E-state index contributed by atoms with van der Waals surface area (Å²) in [5.74, 6) is -1.08. The van der Waals surface area contributed by atoms with Crippen LogP contribution in [0, 0.1) is 5.92 Å². The molecule has 45 heavy (non-hydrogen) atoms. The Bertz CT molecular complexity index is 1420. The van der Waals surface area contributed by atoms with Crippen LogP contribution in [0.4, 0.5) is 15.5 Å². The summed E-state index contributed by atoms with van der Waals surface area (Å²) in [5, 5.41) is 9.76. The van der Waals surface area contributed by atoms with Crippen molar-refractivity contribution in [3.8, 4) is 0 Å². The molecular weight excluding hydrogens is 589 g/mol. The predicted octanol–water partition coefficient (Wildman–Crippen LogP) is 5.70. The summed E-state index contributed by atoms with van der Waals surface area (Å²) in [6, 6.07) is 15.1. The molecule has 4 atom stereocenters. The number of anilines is 2. The van der Waals surface area contributed by atoms with E-state index in [2.05, 4.69) is 6.58 Å². The minimum absolute atomic E-state index is 0.0531. The first kappa shape index (κ1) is 33.0. The fourth-order valence-corrected chi connectivity index (χ4v) is 10.2. The Kier molecular flexibility index (Phi) is 9.96. The molecule has 0 radical (unpaired) electrons. The molecule has 2 saturated heterocycles. The number of aliphatic hydroxyl groups is 1. The molecule has 5 rings (SSSR count). The van der Waals surface area contributed by atoms with Crippen molar-refractivity contribution in [1.82, 2.24) is 4.90 Å². The van der Waals surface area contributed by atoms with Gasteiger partial charge in [-0.15, -0.1) is 6.58 Å². The van der Waals surface area contributed by atoms with Crippen LogP contribution < -0.4 is 9.80 Å². The summed E-state index contributed by atoms with van der Waals surface area (Å²) in [6.45, 7) is 10.0. The van der Waals surface area contributed by atoms with Crippen molar-refractivity contribution in [3.63, 3.8) is 0 Å². The van der Waals surface area contributed by atoms with Crippen LogP contribution in [0.2, 0.25) is 18.6 Å². The first-order chi connectivity index (χ1) is 21.5. The van der Waals surface area contributed by atoms with Gasteiger partial charge >= 0.3 is 0 Å². The van der Waals surface area contributed by atoms with Crippen molar-refractivity contribution in [2.24, 2.45) is 5.92 Å². The van der Waals surface area contributed by atoms with Gasteiger partial charge in [-0.1, -0.05) is 56.2 Å². The third-order valence-corrected chi connectivity index (χ3v) is 12.2. The molecule has 8 nitrogen and oxygen atoms in total. The number of benzene rings is 2. The predicted molar refractivity (Wildman–Crippen MR) is 176 cm³/mol. The van der Waals surface area contributed by atoms with Crippen LogP contribution in [-0.4, -0.2) is 68.5 Å². The highest BCUT2D eigenvalue weighted by atomic mass is 28.4. The number of hydrogen-bond donors (Lipinski definition) is 1. The maximum Gasteiger partial charge on any atom is 0.264 e. The lowest BCUT2D eigenvalue weighted by Gasteiger charge is -2.32. The van der Waals surface area contributed by atoms with Crippen LogP contribution in [0.25, 0.3) is 0 Å². The van der Waals surface area contributed by atoms with E-state index in [1.54, 1.807) is 33.9 Å². The van der Waals surface area contributed by atoms with Gasteiger partial charge in [-0.2, -0.15) is 0 Å². The fraction of sp³-hybridized carbons (Fsp3) is 0.514. The van der Waals surface area contributed by atoms with Crippen molar-refractivity contribution in [2.75, 3.05) is 36.0 Å². The van der Waals surface area contributed by atoms with E-state index in [0.29, 0.717) is 36.4 Å². The molecule has 242 valence electrons. The van der Waals surface area contributed by atoms with Crippen molar-refractivity contribution >= 4 is 37.5 Å². The summed E-state index contributed by atoms with van der Waals surface area (Å²) >= 11 is 0. The second kappa shape index (κ2) is 13.6. The van der Waals surface area contributed by atoms with Gasteiger partial charge in [-0.3, -0.25) is 14.4 Å². The van der Waals surface area contributed by atoms with Gasteiger partial charge in [0.05, 0.1) is 24.8 Å². The van der Waals surface area contributed by atoms with E-state index >= 15 is 4.11 Å². The first-order valence-electron chi connectivity index (χ1n) is 16.2. The van der Waals surface area contributed by atoms with Crippen molar-refractivity contribution in [1.29, 1.82) is 0 Å². The number of hydrogen-bond acceptors (Lipinski definition) is 5. The average molecular weight is 636 g/mol. The maximum atomic E-state index is 16.3. The number of carbonyl (C=O) groups is 3. The molecule has 0 aliphatic carbocycles. The number of fused-ring (bicyclic) bond motifs is 2. The summed E-state index contributed by atoms with van der Waals surface area (Å²) in [4.78, 5) is 46.4. The van der Waals surface area contributed by atoms with Gasteiger partial charge in [0.2, 0.25) is 20.2 Å². The van der Waals surface area contributed by atoms with E-state index in [1.807, 2.05) is 55.5 Å². The molecule has 1 N–H and O–H groups in total. The third kappa shape index (κ3) is 6.37. The smallest absolute Gasteiger partial charge is 0.264 e. The van der Waals surface area contributed by atoms with Crippen molar-refractivity contribution in [2.45, 2.75) is 82.3 Å². The minimum atomic E-state index is -3.50. The summed E-state index contributed by atoms with van der Waals surface area (Å²) in [6.07, 6.45) is 4.99. The molecule has 0 aromatic heterocycles. The number of nitrogens with zero attached hydrogens (tertiary/aromatic N) is 3. The molecule has 0 bridgehead atoms. The molecule has 3 heterocycles. The SMILES string of the molecule is C=CCN1C(=O)[C@@]2(O[C@@H](CC(=O)N(CCO)Cc3ccccc3)[C@H]([Si](C)(C)F)[C@H]2C)c2cc(N3CCCCCCC3=O)ccc21. The van der Waals surface area contributed by atoms with Gasteiger partial charge in [-0.25, -0.2) is 0 Å². The number of rotatable bonds is 10. The quantitative estimate of drug-likeness (QED) is 0.206. The highest BCUT2D eigenvalue weighted by molar-refractivity contribution is 6.72. The lowest BCUT2D eigenvalue weighted by atomic mass is 9.82. The van der Waals surface area contributed by atoms with Crippen LogP contribution in [0.15, 0.2) is 61.2 Å². The van der Waals surface area contributed by atoms with Gasteiger partial charge < -0.3 is 28.7 Å². The Labute approximate surface area is 267 Å². The van der Waals surface area contributed by atoms with Gasteiger partial charge in [0.15, 0.2) is 5.60 Å². The molecular formula is C35H46FN3O5Si. The fourth-order valence-electron chi connectivity index (χ4n) is 7.66. The van der Waals surface area contributed by atoms with E-state index in [-0.39, 0.29) is 43.8 Å². The standard InChI is InChI=1S/C35H46FN3O5Si/c1-5-18-39-29-17-16-27(38-19-12-7-6-11-15-31(38)41)22-28(29)35(34(39)43)25(2)33(45(3,4)36)30(44-35)23-32(42)37(20-21-40)24-26-13-9-8-10-14-26/h5,8-10,13-14,16-17,22,25,30,33,40H,1,6-7,11-12,15,18-21,23-24H2,2-4H3/t25-,30+,33-,35+/m1/s1. The Hall–Kier alpha value is -3.34. The topological polar surface area (TPSA) is 90.4 Å². The number of ether oxygens (including phenoxy) is 1. The number of halogens is 1. The van der Waals surface area contributed by atoms with E-state index in [0.717, 1.165) is 31.2 Å². The second-order valence-electron chi connectivity index (χ2n) is 13.1. The van der Waals surface area contributed by atoms with E-state index in [1.165, 1.54) is 0 Å². The maximum absolute atomic E-state index is 16.3. The van der Waals surface area contributed by atoms with Gasteiger partial charge in [0.1, 0.15) is 0 Å². The van der Waals surface area contributed by atoms with Gasteiger partial charge in [0, 0.05) is 55.3 Å². The van der Waals surface area contributed by atoms with Crippen LogP contribution >= 0.6 is 0 Å². The molecule has 2 fully saturated rings. The average Bonchev–Trinajstić information content (AvgIpc) is 3.41. The van der Waals surface area contributed by atoms with Crippen LogP contribution in [0.3, 0.4) is 0 Å². The molecule has 10 heteroatoms. The Balaban J connectivity index is 1.53. The Morgan fingerprint density at radius 3 is 2.58 bits per heavy atom. The monoisotopic (exact) mass is 635 g/mol. The normalized spacial score (nSPS) is 25.3. The minimum Gasteiger partial charge on any atom is -0.395 e. The Morgan fingerprint density at radius 2 is 1.89 bits per heavy atom. The summed E-state index contributed by atoms with van der Waals surface area (Å²) in [7, 11) is -3.50. The molecule has 0 saturated carbocycles. The lowest BCUT2D eigenvalue weighted by Crippen LogP contribution is -2.45. The van der Waals surface area contributed by atoms with Crippen LogP contribution in [0.5, 0.6) is 0 Å². The zero-order valence-corrected chi connectivity index (χ0v) is 27.7. The number of amides is 3. The zero-order chi connectivity index (χ0) is 32.4. The van der Waals surface area contributed by atoms with Gasteiger partial charge in [0.25, 0.3) is 5.91 Å². The second-order valence-corrected chi connectivity index (χ2v) is 16.9. The van der Waals surface area contributed by atoms with E-state index in [9.17, 15) is 19.5 Å². The van der Waals surface area contributed by atoms with E-state index in [4.69, 9.17) is 4.74 Å². The molecule has 2 aromatic carbocycles. The zero-order valence-electron chi connectivity index (χ0n) is 26.7. The molecule has 3 amide bonds. The highest BCUT2D eigenvalue weighted by Crippen LogP contribution is 2.60. The van der Waals surface area contributed by atoms with E-state index < -0.39 is 31.6 Å². The molecule has 1 spiro atoms. The molecule has 3 aliphatic heterocycles. The summed E-state index contributed by atoms with van der Waals surface area (Å²) < 4.78 is 23.1.